The van der Waals surface area contributed by atoms with Crippen molar-refractivity contribution in [1.82, 2.24) is 9.78 Å². The molecule has 3 aromatic carbocycles. The van der Waals surface area contributed by atoms with Crippen molar-refractivity contribution in [3.8, 4) is 28.5 Å². The Morgan fingerprint density at radius 1 is 1.11 bits per heavy atom. The monoisotopic (exact) mass is 610 g/mol. The molecule has 44 heavy (non-hydrogen) atoms. The molecule has 0 saturated carbocycles. The summed E-state index contributed by atoms with van der Waals surface area (Å²) in [6, 6.07) is 16.6. The molecule has 0 fully saturated rings. The van der Waals surface area contributed by atoms with E-state index in [-0.39, 0.29) is 6.61 Å². The van der Waals surface area contributed by atoms with Crippen LogP contribution >= 0.6 is 11.6 Å². The lowest BCUT2D eigenvalue weighted by Crippen LogP contribution is -2.05. The quantitative estimate of drug-likeness (QED) is 0.0843. The molecule has 4 aromatic rings. The van der Waals surface area contributed by atoms with E-state index < -0.39 is 0 Å². The predicted octanol–water partition coefficient (Wildman–Crippen LogP) is 9.36. The first-order valence-electron chi connectivity index (χ1n) is 14.2. The molecule has 1 aromatic heterocycles. The molecule has 0 unspecified atom stereocenters. The fourth-order valence-corrected chi connectivity index (χ4v) is 5.31. The van der Waals surface area contributed by atoms with Crippen molar-refractivity contribution in [2.24, 2.45) is 10.2 Å². The molecule has 0 aliphatic carbocycles. The fourth-order valence-electron chi connectivity index (χ4n) is 5.14. The number of benzene rings is 3. The van der Waals surface area contributed by atoms with Crippen LogP contribution in [-0.4, -0.2) is 23.5 Å². The van der Waals surface area contributed by atoms with Gasteiger partial charge in [-0.15, -0.1) is 0 Å². The van der Waals surface area contributed by atoms with Crippen LogP contribution in [0, 0.1) is 0 Å². The van der Waals surface area contributed by atoms with Crippen molar-refractivity contribution in [2.75, 3.05) is 13.7 Å². The third-order valence-electron chi connectivity index (χ3n) is 7.28. The Morgan fingerprint density at radius 2 is 1.98 bits per heavy atom. The van der Waals surface area contributed by atoms with Crippen LogP contribution < -0.4 is 14.2 Å². The number of azide groups is 2. The van der Waals surface area contributed by atoms with Gasteiger partial charge in [-0.25, -0.2) is 0 Å². The largest absolute Gasteiger partial charge is 0.496 e. The molecule has 11 nitrogen and oxygen atoms in total. The molecule has 0 bridgehead atoms. The molecule has 0 saturated heterocycles. The molecule has 224 valence electrons. The zero-order chi connectivity index (χ0) is 30.9. The number of ether oxygens (including phenoxy) is 3. The van der Waals surface area contributed by atoms with Gasteiger partial charge in [0.1, 0.15) is 23.9 Å². The van der Waals surface area contributed by atoms with Gasteiger partial charge < -0.3 is 14.2 Å². The summed E-state index contributed by atoms with van der Waals surface area (Å²) in [4.78, 5) is 6.04. The molecular weight excluding hydrogens is 580 g/mol. The molecule has 12 heteroatoms. The number of hydrogen-bond donors (Lipinski definition) is 0. The molecule has 5 rings (SSSR count). The SMILES string of the molecule is CCCCn1ncc(C=C(Cc2cc3c(cc2OC)CCO3)N=[N+]=[N-])c1-c1ccc(Cl)cc1OCc1ccccc1N=[N+]=[N-]. The van der Waals surface area contributed by atoms with Gasteiger partial charge in [0.15, 0.2) is 0 Å². The van der Waals surface area contributed by atoms with E-state index in [0.29, 0.717) is 47.5 Å². The molecule has 1 aliphatic heterocycles. The van der Waals surface area contributed by atoms with Gasteiger partial charge in [-0.1, -0.05) is 59.4 Å². The molecule has 0 spiro atoms. The van der Waals surface area contributed by atoms with Gasteiger partial charge in [0.05, 0.1) is 25.6 Å². The van der Waals surface area contributed by atoms with E-state index in [1.54, 1.807) is 37.6 Å². The minimum Gasteiger partial charge on any atom is -0.496 e. The van der Waals surface area contributed by atoms with Crippen LogP contribution in [0.5, 0.6) is 17.2 Å². The van der Waals surface area contributed by atoms with Crippen molar-refractivity contribution in [3.05, 3.63) is 115 Å². The van der Waals surface area contributed by atoms with Crippen molar-refractivity contribution >= 4 is 23.4 Å². The smallest absolute Gasteiger partial charge is 0.130 e. The summed E-state index contributed by atoms with van der Waals surface area (Å²) >= 11 is 6.43. The Labute approximate surface area is 259 Å². The van der Waals surface area contributed by atoms with E-state index in [1.165, 1.54) is 0 Å². The topological polar surface area (TPSA) is 143 Å². The number of nitrogens with zero attached hydrogens (tertiary/aromatic N) is 8. The van der Waals surface area contributed by atoms with Gasteiger partial charge in [-0.3, -0.25) is 4.68 Å². The molecule has 0 N–H and O–H groups in total. The van der Waals surface area contributed by atoms with Crippen molar-refractivity contribution in [1.29, 1.82) is 0 Å². The third kappa shape index (κ3) is 6.93. The first kappa shape index (κ1) is 30.4. The molecule has 1 aliphatic rings. The average molecular weight is 611 g/mol. The Kier molecular flexibility index (Phi) is 9.94. The summed E-state index contributed by atoms with van der Waals surface area (Å²) in [5, 5.41) is 13.0. The first-order chi connectivity index (χ1) is 21.5. The Hall–Kier alpha value is -5.08. The lowest BCUT2D eigenvalue weighted by Gasteiger charge is -2.16. The van der Waals surface area contributed by atoms with Crippen LogP contribution in [0.15, 0.2) is 76.7 Å². The minimum atomic E-state index is 0.154. The number of aromatic nitrogens is 2. The maximum atomic E-state index is 9.47. The molecule has 0 amide bonds. The van der Waals surface area contributed by atoms with Crippen LogP contribution in [-0.2, 0) is 26.0 Å². The minimum absolute atomic E-state index is 0.154. The summed E-state index contributed by atoms with van der Waals surface area (Å²) in [6.07, 6.45) is 6.65. The highest BCUT2D eigenvalue weighted by Gasteiger charge is 2.20. The highest BCUT2D eigenvalue weighted by molar-refractivity contribution is 6.30. The zero-order valence-corrected chi connectivity index (χ0v) is 25.2. The van der Waals surface area contributed by atoms with Crippen molar-refractivity contribution in [3.63, 3.8) is 0 Å². The van der Waals surface area contributed by atoms with Crippen LogP contribution in [0.2, 0.25) is 5.02 Å². The number of fused-ring (bicyclic) bond motifs is 1. The number of halogens is 1. The third-order valence-corrected chi connectivity index (χ3v) is 7.51. The zero-order valence-electron chi connectivity index (χ0n) is 24.5. The van der Waals surface area contributed by atoms with Crippen LogP contribution in [0.1, 0.15) is 42.0 Å². The number of aryl methyl sites for hydroxylation is 1. The van der Waals surface area contributed by atoms with Gasteiger partial charge >= 0.3 is 0 Å². The lowest BCUT2D eigenvalue weighted by molar-refractivity contribution is 0.307. The number of unbranched alkanes of at least 4 members (excludes halogenated alkanes) is 1. The van der Waals surface area contributed by atoms with E-state index in [0.717, 1.165) is 58.5 Å². The maximum absolute atomic E-state index is 9.47. The standard InChI is InChI=1S/C32H31ClN8O3/c1-3-4-12-41-32(27-10-9-25(33)18-31(27)44-20-22-7-5-6-8-28(22)38-40-35)24(19-36-41)15-26(37-39-34)14-23-17-30-21(11-13-43-30)16-29(23)42-2/h5-10,15-19H,3-4,11-14,20H2,1-2H3. The predicted molar refractivity (Wildman–Crippen MR) is 170 cm³/mol. The summed E-state index contributed by atoms with van der Waals surface area (Å²) in [7, 11) is 1.63. The summed E-state index contributed by atoms with van der Waals surface area (Å²) in [5.41, 5.74) is 24.4. The summed E-state index contributed by atoms with van der Waals surface area (Å²) in [5.74, 6) is 2.06. The van der Waals surface area contributed by atoms with Gasteiger partial charge in [0.25, 0.3) is 0 Å². The first-order valence-corrected chi connectivity index (χ1v) is 14.6. The Bertz CT molecular complexity index is 1790. The highest BCUT2D eigenvalue weighted by atomic mass is 35.5. The number of rotatable bonds is 13. The van der Waals surface area contributed by atoms with E-state index >= 15 is 0 Å². The van der Waals surface area contributed by atoms with Gasteiger partial charge in [-0.05, 0) is 59.5 Å². The molecular formula is C32H31ClN8O3. The van der Waals surface area contributed by atoms with E-state index in [9.17, 15) is 5.53 Å². The van der Waals surface area contributed by atoms with Crippen LogP contribution in [0.3, 0.4) is 0 Å². The Morgan fingerprint density at radius 3 is 2.77 bits per heavy atom. The maximum Gasteiger partial charge on any atom is 0.130 e. The summed E-state index contributed by atoms with van der Waals surface area (Å²) < 4.78 is 19.7. The van der Waals surface area contributed by atoms with E-state index in [4.69, 9.17) is 36.4 Å². The van der Waals surface area contributed by atoms with Crippen molar-refractivity contribution in [2.45, 2.75) is 45.8 Å². The number of methoxy groups -OCH3 is 1. The van der Waals surface area contributed by atoms with Crippen LogP contribution in [0.4, 0.5) is 5.69 Å². The van der Waals surface area contributed by atoms with E-state index in [1.807, 2.05) is 41.1 Å². The number of allylic oxidation sites excluding steroid dienone is 1. The normalized spacial score (nSPS) is 12.1. The van der Waals surface area contributed by atoms with E-state index in [2.05, 4.69) is 27.0 Å². The van der Waals surface area contributed by atoms with Crippen LogP contribution in [0.25, 0.3) is 38.2 Å². The summed E-state index contributed by atoms with van der Waals surface area (Å²) in [6.45, 7) is 3.58. The second kappa shape index (κ2) is 14.4. The Balaban J connectivity index is 1.56. The van der Waals surface area contributed by atoms with Gasteiger partial charge in [0, 0.05) is 67.9 Å². The molecule has 2 heterocycles. The second-order valence-corrected chi connectivity index (χ2v) is 10.6. The second-order valence-electron chi connectivity index (χ2n) is 10.1. The number of hydrogen-bond acceptors (Lipinski definition) is 6. The fraction of sp³-hybridized carbons (Fsp3) is 0.281. The molecule has 0 radical (unpaired) electrons. The van der Waals surface area contributed by atoms with Gasteiger partial charge in [0.2, 0.25) is 0 Å². The van der Waals surface area contributed by atoms with Gasteiger partial charge in [-0.2, -0.15) is 5.10 Å². The lowest BCUT2D eigenvalue weighted by atomic mass is 10.0. The average Bonchev–Trinajstić information content (AvgIpc) is 3.65. The highest BCUT2D eigenvalue weighted by Crippen LogP contribution is 2.38. The van der Waals surface area contributed by atoms with Crippen molar-refractivity contribution < 1.29 is 14.2 Å². The molecule has 0 atom stereocenters.